The van der Waals surface area contributed by atoms with Gasteiger partial charge in [-0.15, -0.1) is 0 Å². The Morgan fingerprint density at radius 1 is 0.810 bits per heavy atom. The summed E-state index contributed by atoms with van der Waals surface area (Å²) in [5, 5.41) is 0. The Kier molecular flexibility index (Phi) is 5.70. The van der Waals surface area contributed by atoms with E-state index in [0.717, 1.165) is 51.9 Å². The third-order valence-corrected chi connectivity index (χ3v) is 4.00. The molecule has 0 aromatic heterocycles. The average molecular weight is 298 g/mol. The molecular weight excluding hydrogens is 272 g/mol. The summed E-state index contributed by atoms with van der Waals surface area (Å²) >= 11 is 0. The largest absolute Gasteiger partial charge is 0.446 e. The molecule has 0 aliphatic carbocycles. The summed E-state index contributed by atoms with van der Waals surface area (Å²) in [5.74, 6) is 0. The first-order chi connectivity index (χ1) is 10.1. The predicted octanol–water partition coefficient (Wildman–Crippen LogP) is 2.62. The van der Waals surface area contributed by atoms with Gasteiger partial charge in [0.15, 0.2) is 0 Å². The van der Waals surface area contributed by atoms with Crippen molar-refractivity contribution in [2.75, 3.05) is 26.2 Å². The van der Waals surface area contributed by atoms with Crippen molar-refractivity contribution in [1.82, 2.24) is 9.80 Å². The molecule has 0 saturated carbocycles. The lowest BCUT2D eigenvalue weighted by Gasteiger charge is -2.23. The van der Waals surface area contributed by atoms with Gasteiger partial charge in [0.2, 0.25) is 0 Å². The minimum absolute atomic E-state index is 0.250. The second-order valence-electron chi connectivity index (χ2n) is 6.01. The Morgan fingerprint density at radius 2 is 1.14 bits per heavy atom. The van der Waals surface area contributed by atoms with E-state index in [2.05, 4.69) is 0 Å². The molecule has 6 heteroatoms. The second kappa shape index (κ2) is 7.52. The van der Waals surface area contributed by atoms with E-state index in [1.807, 2.05) is 13.8 Å². The van der Waals surface area contributed by atoms with Crippen LogP contribution in [0.4, 0.5) is 9.59 Å². The molecule has 2 aliphatic rings. The number of nitrogens with zero attached hydrogens (tertiary/aromatic N) is 2. The van der Waals surface area contributed by atoms with E-state index in [-0.39, 0.29) is 24.4 Å². The molecule has 0 aromatic carbocycles. The minimum Gasteiger partial charge on any atom is -0.446 e. The first-order valence-electron chi connectivity index (χ1n) is 7.97. The third-order valence-electron chi connectivity index (χ3n) is 4.00. The summed E-state index contributed by atoms with van der Waals surface area (Å²) in [6, 6.07) is 0. The van der Waals surface area contributed by atoms with E-state index < -0.39 is 0 Å². The van der Waals surface area contributed by atoms with Gasteiger partial charge in [-0.3, -0.25) is 0 Å². The molecule has 0 spiro atoms. The zero-order chi connectivity index (χ0) is 15.2. The van der Waals surface area contributed by atoms with Crippen LogP contribution in [0.15, 0.2) is 0 Å². The minimum atomic E-state index is -0.252. The number of rotatable bonds is 4. The van der Waals surface area contributed by atoms with Gasteiger partial charge in [-0.2, -0.15) is 0 Å². The summed E-state index contributed by atoms with van der Waals surface area (Å²) < 4.78 is 10.8. The first kappa shape index (κ1) is 15.9. The molecule has 120 valence electrons. The molecule has 0 N–H and O–H groups in total. The lowest BCUT2D eigenvalue weighted by molar-refractivity contribution is 0.0299. The van der Waals surface area contributed by atoms with Gasteiger partial charge in [-0.1, -0.05) is 0 Å². The highest BCUT2D eigenvalue weighted by Gasteiger charge is 2.24. The quantitative estimate of drug-likeness (QED) is 0.800. The molecule has 2 aliphatic heterocycles. The van der Waals surface area contributed by atoms with Crippen LogP contribution < -0.4 is 0 Å². The van der Waals surface area contributed by atoms with Crippen molar-refractivity contribution in [3.05, 3.63) is 0 Å². The van der Waals surface area contributed by atoms with Crippen molar-refractivity contribution in [2.24, 2.45) is 0 Å². The van der Waals surface area contributed by atoms with Crippen LogP contribution in [0.25, 0.3) is 0 Å². The monoisotopic (exact) mass is 298 g/mol. The standard InChI is InChI=1S/C15H26N2O4/c1-12(20-14(18)16-7-3-4-8-16)11-13(2)21-15(19)17-9-5-6-10-17/h12-13H,3-11H2,1-2H3. The molecule has 2 unspecified atom stereocenters. The molecule has 6 nitrogen and oxygen atoms in total. The zero-order valence-corrected chi connectivity index (χ0v) is 13.0. The number of carbonyl (C=O) groups is 2. The molecule has 21 heavy (non-hydrogen) atoms. The number of likely N-dealkylation sites (tertiary alicyclic amines) is 2. The second-order valence-corrected chi connectivity index (χ2v) is 6.01. The molecule has 0 radical (unpaired) electrons. The van der Waals surface area contributed by atoms with Crippen molar-refractivity contribution in [3.8, 4) is 0 Å². The Bertz CT molecular complexity index is 329. The van der Waals surface area contributed by atoms with Gasteiger partial charge in [0, 0.05) is 32.6 Å². The van der Waals surface area contributed by atoms with Gasteiger partial charge in [0.1, 0.15) is 12.2 Å². The van der Waals surface area contributed by atoms with Crippen LogP contribution >= 0.6 is 0 Å². The van der Waals surface area contributed by atoms with Crippen molar-refractivity contribution >= 4 is 12.2 Å². The molecule has 2 atom stereocenters. The third kappa shape index (κ3) is 4.79. The van der Waals surface area contributed by atoms with Crippen molar-refractivity contribution in [2.45, 2.75) is 58.2 Å². The summed E-state index contributed by atoms with van der Waals surface area (Å²) in [7, 11) is 0. The Morgan fingerprint density at radius 3 is 1.48 bits per heavy atom. The number of amides is 2. The van der Waals surface area contributed by atoms with E-state index in [9.17, 15) is 9.59 Å². The van der Waals surface area contributed by atoms with E-state index in [4.69, 9.17) is 9.47 Å². The fraction of sp³-hybridized carbons (Fsp3) is 0.867. The summed E-state index contributed by atoms with van der Waals surface area (Å²) in [6.45, 7) is 6.81. The Balaban J connectivity index is 1.67. The lowest BCUT2D eigenvalue weighted by Crippen LogP contribution is -2.34. The maximum atomic E-state index is 11.9. The van der Waals surface area contributed by atoms with Crippen molar-refractivity contribution < 1.29 is 19.1 Å². The van der Waals surface area contributed by atoms with Gasteiger partial charge in [0.25, 0.3) is 0 Å². The maximum Gasteiger partial charge on any atom is 0.410 e. The van der Waals surface area contributed by atoms with Gasteiger partial charge in [-0.05, 0) is 39.5 Å². The molecule has 2 amide bonds. The number of carbonyl (C=O) groups excluding carboxylic acids is 2. The summed E-state index contributed by atoms with van der Waals surface area (Å²) in [6.07, 6.45) is 3.72. The van der Waals surface area contributed by atoms with Crippen LogP contribution in [0, 0.1) is 0 Å². The Hall–Kier alpha value is -1.46. The lowest BCUT2D eigenvalue weighted by atomic mass is 10.2. The van der Waals surface area contributed by atoms with Crippen molar-refractivity contribution in [1.29, 1.82) is 0 Å². The van der Waals surface area contributed by atoms with Gasteiger partial charge >= 0.3 is 12.2 Å². The number of hydrogen-bond acceptors (Lipinski definition) is 4. The maximum absolute atomic E-state index is 11.9. The van der Waals surface area contributed by atoms with E-state index in [0.29, 0.717) is 6.42 Å². The molecule has 0 bridgehead atoms. The normalized spacial score (nSPS) is 21.2. The van der Waals surface area contributed by atoms with E-state index in [1.54, 1.807) is 9.80 Å². The molecule has 2 heterocycles. The molecular formula is C15H26N2O4. The van der Waals surface area contributed by atoms with Crippen LogP contribution in [0.1, 0.15) is 46.0 Å². The summed E-state index contributed by atoms with van der Waals surface area (Å²) in [4.78, 5) is 27.2. The van der Waals surface area contributed by atoms with Crippen LogP contribution in [-0.2, 0) is 9.47 Å². The van der Waals surface area contributed by atoms with Crippen LogP contribution in [0.2, 0.25) is 0 Å². The molecule has 2 saturated heterocycles. The average Bonchev–Trinajstić information content (AvgIpc) is 3.12. The zero-order valence-electron chi connectivity index (χ0n) is 13.0. The highest BCUT2D eigenvalue weighted by molar-refractivity contribution is 5.68. The Labute approximate surface area is 126 Å². The van der Waals surface area contributed by atoms with Crippen LogP contribution in [0.3, 0.4) is 0 Å². The smallest absolute Gasteiger partial charge is 0.410 e. The van der Waals surface area contributed by atoms with E-state index >= 15 is 0 Å². The predicted molar refractivity (Wildman–Crippen MR) is 78.1 cm³/mol. The van der Waals surface area contributed by atoms with Gasteiger partial charge in [-0.25, -0.2) is 9.59 Å². The molecule has 2 rings (SSSR count). The van der Waals surface area contributed by atoms with Crippen molar-refractivity contribution in [3.63, 3.8) is 0 Å². The van der Waals surface area contributed by atoms with Gasteiger partial charge in [0.05, 0.1) is 0 Å². The van der Waals surface area contributed by atoms with Gasteiger partial charge < -0.3 is 19.3 Å². The fourth-order valence-electron chi connectivity index (χ4n) is 2.86. The topological polar surface area (TPSA) is 59.1 Å². The van der Waals surface area contributed by atoms with Crippen LogP contribution in [-0.4, -0.2) is 60.4 Å². The van der Waals surface area contributed by atoms with E-state index in [1.165, 1.54) is 0 Å². The van der Waals surface area contributed by atoms with Crippen LogP contribution in [0.5, 0.6) is 0 Å². The molecule has 2 fully saturated rings. The SMILES string of the molecule is CC(CC(C)OC(=O)N1CCCC1)OC(=O)N1CCCC1. The highest BCUT2D eigenvalue weighted by atomic mass is 16.6. The molecule has 0 aromatic rings. The fourth-order valence-corrected chi connectivity index (χ4v) is 2.86. The highest BCUT2D eigenvalue weighted by Crippen LogP contribution is 2.14. The number of ether oxygens (including phenoxy) is 2. The first-order valence-corrected chi connectivity index (χ1v) is 7.97. The number of hydrogen-bond donors (Lipinski definition) is 0. The summed E-state index contributed by atoms with van der Waals surface area (Å²) in [5.41, 5.74) is 0.